The quantitative estimate of drug-likeness (QED) is 0.650. The summed E-state index contributed by atoms with van der Waals surface area (Å²) in [6.45, 7) is 12.9. The van der Waals surface area contributed by atoms with E-state index in [2.05, 4.69) is 16.7 Å². The molecular weight excluding hydrogens is 228 g/mol. The van der Waals surface area contributed by atoms with Crippen molar-refractivity contribution < 1.29 is 9.53 Å². The summed E-state index contributed by atoms with van der Waals surface area (Å²) in [6.07, 6.45) is 2.71. The molecule has 0 spiro atoms. The van der Waals surface area contributed by atoms with E-state index in [-0.39, 0.29) is 12.1 Å². The Labute approximate surface area is 111 Å². The van der Waals surface area contributed by atoms with Crippen LogP contribution in [0.15, 0.2) is 0 Å². The first-order valence-electron chi connectivity index (χ1n) is 7.26. The Morgan fingerprint density at radius 3 is 2.17 bits per heavy atom. The lowest BCUT2D eigenvalue weighted by atomic mass is 10.2. The monoisotopic (exact) mass is 256 g/mol. The molecule has 1 fully saturated rings. The molecule has 0 aliphatic carbocycles. The van der Waals surface area contributed by atoms with E-state index in [9.17, 15) is 4.79 Å². The molecule has 4 nitrogen and oxygen atoms in total. The zero-order chi connectivity index (χ0) is 13.4. The molecule has 0 amide bonds. The molecule has 0 aromatic rings. The molecular formula is C14H28N2O2. The van der Waals surface area contributed by atoms with Crippen molar-refractivity contribution in [2.24, 2.45) is 0 Å². The van der Waals surface area contributed by atoms with Crippen LogP contribution >= 0.6 is 0 Å². The molecule has 18 heavy (non-hydrogen) atoms. The molecule has 0 aromatic carbocycles. The van der Waals surface area contributed by atoms with Crippen LogP contribution in [-0.2, 0) is 9.53 Å². The van der Waals surface area contributed by atoms with E-state index < -0.39 is 0 Å². The molecule has 0 unspecified atom stereocenters. The lowest BCUT2D eigenvalue weighted by Gasteiger charge is -2.34. The molecule has 106 valence electrons. The molecule has 1 aliphatic heterocycles. The number of hydrogen-bond acceptors (Lipinski definition) is 4. The molecule has 0 saturated carbocycles. The van der Waals surface area contributed by atoms with Crippen LogP contribution in [0.5, 0.6) is 0 Å². The predicted molar refractivity (Wildman–Crippen MR) is 73.6 cm³/mol. The smallest absolute Gasteiger partial charge is 0.306 e. The Kier molecular flexibility index (Phi) is 7.28. The molecule has 1 rings (SSSR count). The number of esters is 1. The maximum absolute atomic E-state index is 11.4. The zero-order valence-electron chi connectivity index (χ0n) is 12.2. The number of hydrogen-bond donors (Lipinski definition) is 0. The summed E-state index contributed by atoms with van der Waals surface area (Å²) in [6, 6.07) is 0. The van der Waals surface area contributed by atoms with E-state index in [0.29, 0.717) is 6.42 Å². The highest BCUT2D eigenvalue weighted by Crippen LogP contribution is 2.05. The van der Waals surface area contributed by atoms with Gasteiger partial charge in [-0.15, -0.1) is 0 Å². The number of piperazine rings is 1. The fraction of sp³-hybridized carbons (Fsp3) is 0.929. The number of carbonyl (C=O) groups excluding carboxylic acids is 1. The Hall–Kier alpha value is -0.610. The first kappa shape index (κ1) is 15.4. The standard InChI is InChI=1S/C14H28N2O2/c1-4-7-15-9-11-16(12-10-15)8-5-6-14(17)18-13(2)3/h13H,4-12H2,1-3H3. The number of nitrogens with zero attached hydrogens (tertiary/aromatic N) is 2. The highest BCUT2D eigenvalue weighted by molar-refractivity contribution is 5.69. The van der Waals surface area contributed by atoms with Crippen molar-refractivity contribution >= 4 is 5.97 Å². The van der Waals surface area contributed by atoms with Gasteiger partial charge >= 0.3 is 5.97 Å². The first-order chi connectivity index (χ1) is 8.61. The van der Waals surface area contributed by atoms with E-state index in [1.165, 1.54) is 26.1 Å². The topological polar surface area (TPSA) is 32.8 Å². The molecule has 0 N–H and O–H groups in total. The average Bonchev–Trinajstić information content (AvgIpc) is 2.31. The largest absolute Gasteiger partial charge is 0.463 e. The molecule has 0 atom stereocenters. The highest BCUT2D eigenvalue weighted by atomic mass is 16.5. The van der Waals surface area contributed by atoms with Gasteiger partial charge in [-0.05, 0) is 39.8 Å². The normalized spacial score (nSPS) is 18.2. The van der Waals surface area contributed by atoms with Crippen LogP contribution in [0.2, 0.25) is 0 Å². The minimum Gasteiger partial charge on any atom is -0.463 e. The molecule has 1 aliphatic rings. The van der Waals surface area contributed by atoms with Gasteiger partial charge in [-0.2, -0.15) is 0 Å². The summed E-state index contributed by atoms with van der Waals surface area (Å²) in [7, 11) is 0. The number of carbonyl (C=O) groups is 1. The van der Waals surface area contributed by atoms with Crippen LogP contribution in [-0.4, -0.2) is 61.1 Å². The second kappa shape index (κ2) is 8.48. The summed E-state index contributed by atoms with van der Waals surface area (Å²) in [5, 5.41) is 0. The van der Waals surface area contributed by atoms with Crippen molar-refractivity contribution in [3.8, 4) is 0 Å². The average molecular weight is 256 g/mol. The minimum absolute atomic E-state index is 0.00934. The van der Waals surface area contributed by atoms with Gasteiger partial charge < -0.3 is 14.5 Å². The zero-order valence-corrected chi connectivity index (χ0v) is 12.2. The number of ether oxygens (including phenoxy) is 1. The Morgan fingerprint density at radius 1 is 1.11 bits per heavy atom. The summed E-state index contributed by atoms with van der Waals surface area (Å²) in [5.41, 5.74) is 0. The van der Waals surface area contributed by atoms with Crippen LogP contribution in [0.25, 0.3) is 0 Å². The molecule has 0 bridgehead atoms. The minimum atomic E-state index is -0.0605. The summed E-state index contributed by atoms with van der Waals surface area (Å²) in [5.74, 6) is -0.0605. The lowest BCUT2D eigenvalue weighted by molar-refractivity contribution is -0.147. The fourth-order valence-electron chi connectivity index (χ4n) is 2.32. The first-order valence-corrected chi connectivity index (χ1v) is 7.26. The number of rotatable bonds is 7. The van der Waals surface area contributed by atoms with Gasteiger partial charge in [0.15, 0.2) is 0 Å². The van der Waals surface area contributed by atoms with Gasteiger partial charge in [0.2, 0.25) is 0 Å². The van der Waals surface area contributed by atoms with E-state index in [1.807, 2.05) is 13.8 Å². The lowest BCUT2D eigenvalue weighted by Crippen LogP contribution is -2.46. The van der Waals surface area contributed by atoms with Gasteiger partial charge in [0.25, 0.3) is 0 Å². The second-order valence-corrected chi connectivity index (χ2v) is 5.33. The third-order valence-corrected chi connectivity index (χ3v) is 3.23. The van der Waals surface area contributed by atoms with Gasteiger partial charge in [0.1, 0.15) is 0 Å². The third-order valence-electron chi connectivity index (χ3n) is 3.23. The van der Waals surface area contributed by atoms with Crippen molar-refractivity contribution in [3.63, 3.8) is 0 Å². The molecule has 1 heterocycles. The summed E-state index contributed by atoms with van der Waals surface area (Å²) in [4.78, 5) is 16.4. The van der Waals surface area contributed by atoms with Gasteiger partial charge in [0.05, 0.1) is 6.10 Å². The van der Waals surface area contributed by atoms with Crippen LogP contribution < -0.4 is 0 Å². The van der Waals surface area contributed by atoms with E-state index >= 15 is 0 Å². The molecule has 0 radical (unpaired) electrons. The van der Waals surface area contributed by atoms with Crippen molar-refractivity contribution in [3.05, 3.63) is 0 Å². The van der Waals surface area contributed by atoms with Gasteiger partial charge in [-0.25, -0.2) is 0 Å². The van der Waals surface area contributed by atoms with Gasteiger partial charge in [0, 0.05) is 32.6 Å². The Morgan fingerprint density at radius 2 is 1.67 bits per heavy atom. The van der Waals surface area contributed by atoms with Crippen molar-refractivity contribution in [1.82, 2.24) is 9.80 Å². The van der Waals surface area contributed by atoms with Gasteiger partial charge in [-0.1, -0.05) is 6.92 Å². The summed E-state index contributed by atoms with van der Waals surface area (Å²) >= 11 is 0. The van der Waals surface area contributed by atoms with Crippen molar-refractivity contribution in [2.45, 2.75) is 46.1 Å². The van der Waals surface area contributed by atoms with Crippen LogP contribution in [0.4, 0.5) is 0 Å². The third kappa shape index (κ3) is 6.36. The molecule has 1 saturated heterocycles. The van der Waals surface area contributed by atoms with Gasteiger partial charge in [-0.3, -0.25) is 4.79 Å². The summed E-state index contributed by atoms with van der Waals surface area (Å²) < 4.78 is 5.12. The SMILES string of the molecule is CCCN1CCN(CCCC(=O)OC(C)C)CC1. The fourth-order valence-corrected chi connectivity index (χ4v) is 2.32. The van der Waals surface area contributed by atoms with Crippen molar-refractivity contribution in [2.75, 3.05) is 39.3 Å². The van der Waals surface area contributed by atoms with Crippen molar-refractivity contribution in [1.29, 1.82) is 0 Å². The second-order valence-electron chi connectivity index (χ2n) is 5.33. The maximum atomic E-state index is 11.4. The van der Waals surface area contributed by atoms with Crippen LogP contribution in [0.1, 0.15) is 40.0 Å². The van der Waals surface area contributed by atoms with Crippen LogP contribution in [0, 0.1) is 0 Å². The van der Waals surface area contributed by atoms with E-state index in [1.54, 1.807) is 0 Å². The van der Waals surface area contributed by atoms with E-state index in [0.717, 1.165) is 26.1 Å². The van der Waals surface area contributed by atoms with E-state index in [4.69, 9.17) is 4.74 Å². The highest BCUT2D eigenvalue weighted by Gasteiger charge is 2.16. The van der Waals surface area contributed by atoms with Crippen LogP contribution in [0.3, 0.4) is 0 Å². The maximum Gasteiger partial charge on any atom is 0.306 e. The molecule has 0 aromatic heterocycles. The molecule has 4 heteroatoms. The Balaban J connectivity index is 2.05. The predicted octanol–water partition coefficient (Wildman–Crippen LogP) is 1.75. The Bertz CT molecular complexity index is 236.